The van der Waals surface area contributed by atoms with Gasteiger partial charge in [0.1, 0.15) is 6.07 Å². The van der Waals surface area contributed by atoms with Crippen LogP contribution in [0.25, 0.3) is 27.8 Å². The van der Waals surface area contributed by atoms with Gasteiger partial charge in [-0.05, 0) is 36.6 Å². The van der Waals surface area contributed by atoms with Gasteiger partial charge in [-0.3, -0.25) is 9.78 Å². The van der Waals surface area contributed by atoms with Gasteiger partial charge in [0.15, 0.2) is 0 Å². The fraction of sp³-hybridized carbons (Fsp3) is 0.280. The standard InChI is InChI=1S/C25H23N7O/c1-31-7-5-16(9-23(31)33)18-8-21(24-19(10-26)12-29-32(24)14-18)17-2-3-22(28-11-17)25-6-4-20(30-25)13-27-15-25/h2-3,5,7-9,11-12,14,20,27,30H,4,6,13,15H2,1H3. The van der Waals surface area contributed by atoms with E-state index in [1.54, 1.807) is 30.0 Å². The molecular formula is C25H23N7O. The van der Waals surface area contributed by atoms with Crippen LogP contribution < -0.4 is 16.2 Å². The Bertz CT molecular complexity index is 1470. The third-order valence-corrected chi connectivity index (χ3v) is 6.95. The Morgan fingerprint density at radius 1 is 1.18 bits per heavy atom. The highest BCUT2D eigenvalue weighted by atomic mass is 16.1. The first-order valence-corrected chi connectivity index (χ1v) is 11.1. The summed E-state index contributed by atoms with van der Waals surface area (Å²) in [5.41, 5.74) is 5.48. The topological polar surface area (TPSA) is 100 Å². The molecule has 0 radical (unpaired) electrons. The molecule has 33 heavy (non-hydrogen) atoms. The summed E-state index contributed by atoms with van der Waals surface area (Å²) in [6.45, 7) is 1.88. The van der Waals surface area contributed by atoms with E-state index in [9.17, 15) is 10.1 Å². The van der Waals surface area contributed by atoms with Gasteiger partial charge in [0.2, 0.25) is 0 Å². The lowest BCUT2D eigenvalue weighted by Crippen LogP contribution is -2.56. The van der Waals surface area contributed by atoms with E-state index in [2.05, 4.69) is 33.9 Å². The number of hydrogen-bond acceptors (Lipinski definition) is 6. The zero-order valence-electron chi connectivity index (χ0n) is 18.2. The smallest absolute Gasteiger partial charge is 0.250 e. The van der Waals surface area contributed by atoms with Crippen molar-refractivity contribution in [1.29, 1.82) is 5.26 Å². The number of hydrogen-bond donors (Lipinski definition) is 2. The van der Waals surface area contributed by atoms with Gasteiger partial charge in [-0.25, -0.2) is 4.52 Å². The molecule has 164 valence electrons. The SMILES string of the molecule is Cn1ccc(-c2cc(-c3ccc(C45CCC(CNC4)N5)nc3)c3c(C#N)cnn3c2)cc1=O. The minimum atomic E-state index is -0.114. The molecule has 6 heterocycles. The van der Waals surface area contributed by atoms with E-state index < -0.39 is 0 Å². The number of aryl methyl sites for hydroxylation is 1. The molecule has 0 spiro atoms. The van der Waals surface area contributed by atoms with Crippen LogP contribution >= 0.6 is 0 Å². The van der Waals surface area contributed by atoms with E-state index in [1.165, 1.54) is 4.57 Å². The third kappa shape index (κ3) is 3.17. The van der Waals surface area contributed by atoms with Crippen molar-refractivity contribution in [2.45, 2.75) is 24.4 Å². The van der Waals surface area contributed by atoms with Crippen LogP contribution in [0.4, 0.5) is 0 Å². The lowest BCUT2D eigenvalue weighted by Gasteiger charge is -2.34. The maximum Gasteiger partial charge on any atom is 0.250 e. The van der Waals surface area contributed by atoms with Crippen LogP contribution in [0.3, 0.4) is 0 Å². The number of aromatic nitrogens is 4. The van der Waals surface area contributed by atoms with Crippen LogP contribution in [0.15, 0.2) is 59.9 Å². The summed E-state index contributed by atoms with van der Waals surface area (Å²) in [7, 11) is 1.73. The van der Waals surface area contributed by atoms with Crippen LogP contribution in [0, 0.1) is 11.3 Å². The monoisotopic (exact) mass is 437 g/mol. The highest BCUT2D eigenvalue weighted by molar-refractivity contribution is 5.87. The third-order valence-electron chi connectivity index (χ3n) is 6.95. The molecule has 2 bridgehead atoms. The predicted molar refractivity (Wildman–Crippen MR) is 125 cm³/mol. The summed E-state index contributed by atoms with van der Waals surface area (Å²) < 4.78 is 3.25. The minimum absolute atomic E-state index is 0.0824. The largest absolute Gasteiger partial charge is 0.319 e. The Kier molecular flexibility index (Phi) is 4.43. The van der Waals surface area contributed by atoms with E-state index in [-0.39, 0.29) is 11.1 Å². The molecule has 4 aromatic rings. The Labute approximate surface area is 190 Å². The molecule has 2 fully saturated rings. The molecule has 8 nitrogen and oxygen atoms in total. The van der Waals surface area contributed by atoms with Crippen LogP contribution in [-0.2, 0) is 12.6 Å². The Hall–Kier alpha value is -3.80. The molecule has 2 aliphatic heterocycles. The number of pyridine rings is 3. The van der Waals surface area contributed by atoms with Gasteiger partial charge < -0.3 is 15.2 Å². The zero-order valence-corrected chi connectivity index (χ0v) is 18.2. The first-order valence-electron chi connectivity index (χ1n) is 11.1. The minimum Gasteiger partial charge on any atom is -0.319 e. The van der Waals surface area contributed by atoms with E-state index in [4.69, 9.17) is 4.98 Å². The molecule has 2 N–H and O–H groups in total. The van der Waals surface area contributed by atoms with Crippen molar-refractivity contribution in [3.05, 3.63) is 76.7 Å². The van der Waals surface area contributed by atoms with Crippen LogP contribution in [-0.4, -0.2) is 38.3 Å². The Morgan fingerprint density at radius 2 is 2.09 bits per heavy atom. The van der Waals surface area contributed by atoms with Crippen LogP contribution in [0.5, 0.6) is 0 Å². The first-order chi connectivity index (χ1) is 16.1. The molecule has 0 aliphatic carbocycles. The molecule has 0 amide bonds. The summed E-state index contributed by atoms with van der Waals surface area (Å²) in [5, 5.41) is 21.3. The molecule has 2 unspecified atom stereocenters. The van der Waals surface area contributed by atoms with E-state index in [0.29, 0.717) is 11.6 Å². The van der Waals surface area contributed by atoms with Gasteiger partial charge in [0, 0.05) is 67.5 Å². The van der Waals surface area contributed by atoms with Crippen molar-refractivity contribution in [1.82, 2.24) is 29.8 Å². The highest BCUT2D eigenvalue weighted by Crippen LogP contribution is 2.36. The summed E-state index contributed by atoms with van der Waals surface area (Å²) >= 11 is 0. The highest BCUT2D eigenvalue weighted by Gasteiger charge is 2.43. The van der Waals surface area contributed by atoms with E-state index >= 15 is 0 Å². The van der Waals surface area contributed by atoms with Gasteiger partial charge in [0.05, 0.1) is 28.5 Å². The zero-order chi connectivity index (χ0) is 22.6. The van der Waals surface area contributed by atoms with Gasteiger partial charge in [-0.2, -0.15) is 10.4 Å². The normalized spacial score (nSPS) is 21.9. The molecule has 8 heteroatoms. The second kappa shape index (κ2) is 7.37. The fourth-order valence-electron chi connectivity index (χ4n) is 5.15. The van der Waals surface area contributed by atoms with Gasteiger partial charge >= 0.3 is 0 Å². The first kappa shape index (κ1) is 19.9. The number of nitriles is 1. The number of rotatable bonds is 3. The van der Waals surface area contributed by atoms with Crippen molar-refractivity contribution < 1.29 is 0 Å². The number of piperazine rings is 1. The van der Waals surface area contributed by atoms with Gasteiger partial charge in [-0.15, -0.1) is 0 Å². The van der Waals surface area contributed by atoms with Crippen molar-refractivity contribution in [2.75, 3.05) is 13.1 Å². The molecule has 2 aliphatic rings. The van der Waals surface area contributed by atoms with Crippen LogP contribution in [0.2, 0.25) is 0 Å². The molecule has 2 atom stereocenters. The van der Waals surface area contributed by atoms with E-state index in [1.807, 2.05) is 24.5 Å². The average molecular weight is 438 g/mol. The lowest BCUT2D eigenvalue weighted by molar-refractivity contribution is 0.293. The summed E-state index contributed by atoms with van der Waals surface area (Å²) in [4.78, 5) is 17.1. The molecule has 0 aromatic carbocycles. The second-order valence-electron chi connectivity index (χ2n) is 9.00. The Morgan fingerprint density at radius 3 is 2.88 bits per heavy atom. The summed E-state index contributed by atoms with van der Waals surface area (Å²) in [6, 6.07) is 12.4. The summed E-state index contributed by atoms with van der Waals surface area (Å²) in [6.07, 6.45) is 9.28. The molecular weight excluding hydrogens is 414 g/mol. The predicted octanol–water partition coefficient (Wildman–Crippen LogP) is 2.18. The average Bonchev–Trinajstić information content (AvgIpc) is 3.40. The van der Waals surface area contributed by atoms with Crippen molar-refractivity contribution in [3.8, 4) is 28.3 Å². The number of fused-ring (bicyclic) bond motifs is 3. The lowest BCUT2D eigenvalue weighted by atomic mass is 9.91. The number of nitrogens with one attached hydrogen (secondary N) is 2. The Balaban J connectivity index is 1.48. The molecule has 6 rings (SSSR count). The number of nitrogens with zero attached hydrogens (tertiary/aromatic N) is 5. The van der Waals surface area contributed by atoms with Gasteiger partial charge in [-0.1, -0.05) is 6.07 Å². The molecule has 4 aromatic heterocycles. The fourth-order valence-corrected chi connectivity index (χ4v) is 5.15. The quantitative estimate of drug-likeness (QED) is 0.510. The molecule has 0 saturated carbocycles. The van der Waals surface area contributed by atoms with Crippen molar-refractivity contribution >= 4 is 5.52 Å². The second-order valence-corrected chi connectivity index (χ2v) is 9.00. The maximum absolute atomic E-state index is 12.2. The van der Waals surface area contributed by atoms with Crippen molar-refractivity contribution in [3.63, 3.8) is 0 Å². The maximum atomic E-state index is 12.2. The van der Waals surface area contributed by atoms with E-state index in [0.717, 1.165) is 59.4 Å². The van der Waals surface area contributed by atoms with Crippen molar-refractivity contribution in [2.24, 2.45) is 7.05 Å². The summed E-state index contributed by atoms with van der Waals surface area (Å²) in [5.74, 6) is 0. The molecule has 2 saturated heterocycles. The van der Waals surface area contributed by atoms with Gasteiger partial charge in [0.25, 0.3) is 5.56 Å². The van der Waals surface area contributed by atoms with Crippen LogP contribution in [0.1, 0.15) is 24.1 Å².